The number of fused-ring (bicyclic) bond motifs is 1. The molecule has 2 rings (SSSR count). The minimum Gasteiger partial charge on any atom is -0.130 e. The van der Waals surface area contributed by atoms with E-state index in [1.54, 1.807) is 0 Å². The van der Waals surface area contributed by atoms with E-state index in [9.17, 15) is 0 Å². The summed E-state index contributed by atoms with van der Waals surface area (Å²) in [5.41, 5.74) is 4.51. The number of hydrogen-bond acceptors (Lipinski definition) is 0. The molecular weight excluding hydrogens is 394 g/mol. The van der Waals surface area contributed by atoms with Gasteiger partial charge in [-0.1, -0.05) is 0 Å². The molecule has 0 heterocycles. The van der Waals surface area contributed by atoms with Gasteiger partial charge in [-0.25, -0.2) is 0 Å². The van der Waals surface area contributed by atoms with E-state index in [4.69, 9.17) is 0 Å². The average molecular weight is 409 g/mol. The standard InChI is InChI=1S/C10H9.2CH3Cl.Hf/c1-8-6-9-4-2-3-5-10(9)7-8;2*1-2;/h2-7H,1H3;2*1H3;. The van der Waals surface area contributed by atoms with Crippen LogP contribution in [0.2, 0.25) is 0 Å². The third kappa shape index (κ3) is 4.05. The summed E-state index contributed by atoms with van der Waals surface area (Å²) in [6, 6.07) is 8.70. The van der Waals surface area contributed by atoms with Crippen molar-refractivity contribution in [3.8, 4) is 0 Å². The Bertz CT molecular complexity index is 321. The first-order valence-corrected chi connectivity index (χ1v) is 8.11. The Labute approximate surface area is 117 Å². The van der Waals surface area contributed by atoms with Crippen LogP contribution in [0.5, 0.6) is 0 Å². The van der Waals surface area contributed by atoms with Crippen molar-refractivity contribution >= 4 is 29.3 Å². The Morgan fingerprint density at radius 1 is 1.07 bits per heavy atom. The number of halogens is 2. The maximum Gasteiger partial charge on any atom is 0.0108 e. The first-order valence-electron chi connectivity index (χ1n) is 4.53. The molecule has 0 aliphatic heterocycles. The van der Waals surface area contributed by atoms with E-state index in [2.05, 4.69) is 60.5 Å². The van der Waals surface area contributed by atoms with Crippen LogP contribution < -0.4 is 0 Å². The molecular formula is C12H15Cl2Hf. The van der Waals surface area contributed by atoms with Gasteiger partial charge in [0, 0.05) is 12.8 Å². The van der Waals surface area contributed by atoms with Crippen LogP contribution in [-0.2, 0) is 24.4 Å². The topological polar surface area (TPSA) is 0 Å². The van der Waals surface area contributed by atoms with Gasteiger partial charge >= 0.3 is 82.0 Å². The molecule has 0 N–H and O–H groups in total. The van der Waals surface area contributed by atoms with Gasteiger partial charge in [-0.3, -0.25) is 0 Å². The summed E-state index contributed by atoms with van der Waals surface area (Å²) in [6.45, 7) is 2.23. The van der Waals surface area contributed by atoms with Crippen LogP contribution in [0.25, 0.3) is 6.08 Å². The first kappa shape index (κ1) is 15.4. The summed E-state index contributed by atoms with van der Waals surface area (Å²) < 4.78 is 0.770. The van der Waals surface area contributed by atoms with E-state index in [1.807, 2.05) is 0 Å². The molecule has 1 aromatic rings. The maximum absolute atomic E-state index is 4.64. The summed E-state index contributed by atoms with van der Waals surface area (Å²) in [6.07, 6.45) is 5.26. The van der Waals surface area contributed by atoms with Crippen LogP contribution >= 0.6 is 23.2 Å². The second-order valence-corrected chi connectivity index (χ2v) is 5.02. The second-order valence-electron chi connectivity index (χ2n) is 2.95. The van der Waals surface area contributed by atoms with Crippen molar-refractivity contribution in [2.75, 3.05) is 12.8 Å². The van der Waals surface area contributed by atoms with Crippen LogP contribution in [-0.4, -0.2) is 12.8 Å². The van der Waals surface area contributed by atoms with Gasteiger partial charge in [0.1, 0.15) is 0 Å². The first-order chi connectivity index (χ1) is 7.29. The van der Waals surface area contributed by atoms with Crippen molar-refractivity contribution in [2.45, 2.75) is 10.6 Å². The predicted octanol–water partition coefficient (Wildman–Crippen LogP) is 4.40. The summed E-state index contributed by atoms with van der Waals surface area (Å²) >= 11 is 10.5. The smallest absolute Gasteiger partial charge is 0.0108 e. The van der Waals surface area contributed by atoms with Gasteiger partial charge in [0.25, 0.3) is 0 Å². The van der Waals surface area contributed by atoms with E-state index in [0.29, 0.717) is 0 Å². The zero-order chi connectivity index (χ0) is 11.8. The molecule has 1 unspecified atom stereocenters. The Morgan fingerprint density at radius 3 is 2.13 bits per heavy atom. The molecule has 0 saturated heterocycles. The van der Waals surface area contributed by atoms with Crippen LogP contribution in [0.1, 0.15) is 21.7 Å². The molecule has 1 atom stereocenters. The number of hydrogen-bond donors (Lipinski definition) is 0. The normalized spacial score (nSPS) is 16.3. The van der Waals surface area contributed by atoms with Crippen molar-refractivity contribution in [2.24, 2.45) is 0 Å². The van der Waals surface area contributed by atoms with Crippen LogP contribution in [0.4, 0.5) is 0 Å². The van der Waals surface area contributed by atoms with E-state index >= 15 is 0 Å². The predicted molar refractivity (Wildman–Crippen MR) is 66.4 cm³/mol. The third-order valence-electron chi connectivity index (χ3n) is 2.15. The molecule has 1 aromatic carbocycles. The molecule has 81 valence electrons. The molecule has 0 amide bonds. The summed E-state index contributed by atoms with van der Waals surface area (Å²) in [7, 11) is 0. The molecule has 3 heteroatoms. The molecule has 1 aliphatic carbocycles. The van der Waals surface area contributed by atoms with E-state index in [0.717, 1.165) is 3.67 Å². The molecule has 0 fully saturated rings. The molecule has 0 spiro atoms. The van der Waals surface area contributed by atoms with Crippen LogP contribution in [0.15, 0.2) is 29.8 Å². The van der Waals surface area contributed by atoms with Gasteiger partial charge in [0.05, 0.1) is 0 Å². The number of rotatable bonds is 0. The van der Waals surface area contributed by atoms with Gasteiger partial charge in [-0.15, -0.1) is 23.2 Å². The number of alkyl halides is 2. The summed E-state index contributed by atoms with van der Waals surface area (Å²) in [4.78, 5) is 0. The Balaban J connectivity index is 0.000000442. The van der Waals surface area contributed by atoms with Crippen molar-refractivity contribution in [1.82, 2.24) is 0 Å². The Hall–Kier alpha value is 0.410. The molecule has 0 radical (unpaired) electrons. The number of allylic oxidation sites excluding steroid dienone is 1. The van der Waals surface area contributed by atoms with Crippen LogP contribution in [0.3, 0.4) is 0 Å². The van der Waals surface area contributed by atoms with E-state index in [-0.39, 0.29) is 0 Å². The fourth-order valence-corrected chi connectivity index (χ4v) is 2.72. The molecule has 0 nitrogen and oxygen atoms in total. The summed E-state index contributed by atoms with van der Waals surface area (Å²) in [5.74, 6) is 0. The minimum absolute atomic E-state index is 0.770. The average Bonchev–Trinajstić information content (AvgIpc) is 2.61. The van der Waals surface area contributed by atoms with Gasteiger partial charge < -0.3 is 0 Å². The SMILES string of the molecule is CC1=Cc2ccccc2[CH]1[Hf].CCl.CCl. The van der Waals surface area contributed by atoms with Crippen molar-refractivity contribution in [3.63, 3.8) is 0 Å². The quantitative estimate of drug-likeness (QED) is 0.441. The molecule has 1 aliphatic rings. The monoisotopic (exact) mass is 409 g/mol. The Morgan fingerprint density at radius 2 is 1.60 bits per heavy atom. The zero-order valence-electron chi connectivity index (χ0n) is 9.22. The second kappa shape index (κ2) is 8.55. The fraction of sp³-hybridized carbons (Fsp3) is 0.333. The van der Waals surface area contributed by atoms with Gasteiger partial charge in [0.2, 0.25) is 0 Å². The van der Waals surface area contributed by atoms with Crippen molar-refractivity contribution in [1.29, 1.82) is 0 Å². The summed E-state index contributed by atoms with van der Waals surface area (Å²) in [5, 5.41) is 0. The maximum atomic E-state index is 4.64. The molecule has 0 aromatic heterocycles. The zero-order valence-corrected chi connectivity index (χ0v) is 14.3. The third-order valence-corrected chi connectivity index (χ3v) is 4.90. The molecule has 0 bridgehead atoms. The molecule has 0 saturated carbocycles. The number of benzene rings is 1. The van der Waals surface area contributed by atoms with E-state index in [1.165, 1.54) is 53.8 Å². The Kier molecular flexibility index (Phi) is 8.78. The van der Waals surface area contributed by atoms with Gasteiger partial charge in [-0.05, 0) is 0 Å². The fourth-order valence-electron chi connectivity index (χ4n) is 1.48. The van der Waals surface area contributed by atoms with Crippen LogP contribution in [0, 0.1) is 0 Å². The van der Waals surface area contributed by atoms with E-state index < -0.39 is 0 Å². The molecule has 15 heavy (non-hydrogen) atoms. The van der Waals surface area contributed by atoms with Gasteiger partial charge in [0.15, 0.2) is 0 Å². The minimum atomic E-state index is 0.770. The van der Waals surface area contributed by atoms with Crippen molar-refractivity contribution < 1.29 is 24.4 Å². The largest absolute Gasteiger partial charge is 0.130 e. The van der Waals surface area contributed by atoms with Gasteiger partial charge in [-0.2, -0.15) is 0 Å². The van der Waals surface area contributed by atoms with Crippen molar-refractivity contribution in [3.05, 3.63) is 41.0 Å².